The number of hydrogen-bond acceptors (Lipinski definition) is 22. The summed E-state index contributed by atoms with van der Waals surface area (Å²) < 4.78 is 65.6. The topological polar surface area (TPSA) is 343 Å². The van der Waals surface area contributed by atoms with E-state index in [1.54, 1.807) is 52.2 Å². The largest absolute Gasteiger partial charge is 0.445 e. The second kappa shape index (κ2) is 51.0. The van der Waals surface area contributed by atoms with Crippen LogP contribution in [0.3, 0.4) is 0 Å². The third-order valence-electron chi connectivity index (χ3n) is 10.2. The highest BCUT2D eigenvalue weighted by atomic mass is 16.7. The molecule has 28 heteroatoms. The average molecular weight is 1130 g/mol. The third-order valence-corrected chi connectivity index (χ3v) is 10.2. The predicted molar refractivity (Wildman–Crippen MR) is 289 cm³/mol. The van der Waals surface area contributed by atoms with Crippen LogP contribution < -0.4 is 37.6 Å². The van der Waals surface area contributed by atoms with Crippen LogP contribution >= 0.6 is 0 Å². The smallest absolute Gasteiger partial charge is 0.407 e. The van der Waals surface area contributed by atoms with Crippen molar-refractivity contribution >= 4 is 35.5 Å². The number of amides is 6. The van der Waals surface area contributed by atoms with Crippen LogP contribution in [0.2, 0.25) is 0 Å². The molecule has 9 N–H and O–H groups in total. The predicted octanol–water partition coefficient (Wildman–Crippen LogP) is 1.47. The quantitative estimate of drug-likeness (QED) is 0.0260. The van der Waals surface area contributed by atoms with Crippen LogP contribution in [0.15, 0.2) is 41.3 Å². The van der Waals surface area contributed by atoms with E-state index in [-0.39, 0.29) is 44.3 Å². The van der Waals surface area contributed by atoms with Crippen LogP contribution in [0.25, 0.3) is 0 Å². The number of hydrogen-bond donors (Lipinski definition) is 8. The molecular weight excluding hydrogens is 1040 g/mol. The summed E-state index contributed by atoms with van der Waals surface area (Å²) in [6.07, 6.45) is 2.21. The molecule has 0 aromatic heterocycles. The maximum absolute atomic E-state index is 13.4. The lowest BCUT2D eigenvalue weighted by Gasteiger charge is -2.25. The van der Waals surface area contributed by atoms with E-state index in [2.05, 4.69) is 43.9 Å². The Kier molecular flexibility index (Phi) is 46.3. The van der Waals surface area contributed by atoms with Gasteiger partial charge in [-0.05, 0) is 42.9 Å². The molecule has 0 bridgehead atoms. The monoisotopic (exact) mass is 1130 g/mol. The number of rotatable bonds is 54. The first-order valence-electron chi connectivity index (χ1n) is 26.7. The second-order valence-corrected chi connectivity index (χ2v) is 17.4. The zero-order valence-electron chi connectivity index (χ0n) is 47.2. The van der Waals surface area contributed by atoms with E-state index >= 15 is 0 Å². The van der Waals surface area contributed by atoms with Gasteiger partial charge in [-0.15, -0.1) is 0 Å². The fourth-order valence-electron chi connectivity index (χ4n) is 6.15. The van der Waals surface area contributed by atoms with E-state index in [4.69, 9.17) is 72.9 Å². The van der Waals surface area contributed by atoms with Crippen molar-refractivity contribution in [3.8, 4) is 0 Å². The van der Waals surface area contributed by atoms with Gasteiger partial charge in [0.1, 0.15) is 25.3 Å². The summed E-state index contributed by atoms with van der Waals surface area (Å²) in [4.78, 5) is 67.9. The van der Waals surface area contributed by atoms with Gasteiger partial charge in [0.15, 0.2) is 0 Å². The fourth-order valence-corrected chi connectivity index (χ4v) is 6.15. The van der Waals surface area contributed by atoms with Crippen LogP contribution in [0.4, 0.5) is 15.3 Å². The maximum atomic E-state index is 13.4. The number of nitrogens with one attached hydrogen (secondary N) is 7. The van der Waals surface area contributed by atoms with Crippen LogP contribution in [-0.2, 0) is 82.7 Å². The van der Waals surface area contributed by atoms with Gasteiger partial charge in [-0.2, -0.15) is 10.2 Å². The molecular formula is C51H92N10O18. The lowest BCUT2D eigenvalue weighted by Crippen LogP contribution is -2.55. The molecule has 0 heterocycles. The molecule has 0 saturated carbocycles. The van der Waals surface area contributed by atoms with Gasteiger partial charge in [0.25, 0.3) is 0 Å². The van der Waals surface area contributed by atoms with Crippen molar-refractivity contribution in [3.05, 3.63) is 41.7 Å². The summed E-state index contributed by atoms with van der Waals surface area (Å²) in [5, 5.41) is 20.9. The number of carbonyl (C=O) groups excluding carboxylic acids is 5. The van der Waals surface area contributed by atoms with E-state index in [1.165, 1.54) is 11.3 Å². The summed E-state index contributed by atoms with van der Waals surface area (Å²) in [5.41, 5.74) is 13.9. The Bertz CT molecular complexity index is 1760. The SMILES string of the molecule is CCCOCCOCCOCCOCCOCCOCCOCCOCCOCCOCCOCCN/C=C(/CNC(=O)OCc1ccc(NC(=O)[C@H](CCCNC(N)=O)NC(=O)[C@@H](NC(=O)CON(C)C)C(C)C)cc1)N=N. The van der Waals surface area contributed by atoms with Gasteiger partial charge in [0.05, 0.1) is 151 Å². The van der Waals surface area contributed by atoms with Crippen molar-refractivity contribution in [2.24, 2.45) is 16.8 Å². The van der Waals surface area contributed by atoms with Crippen molar-refractivity contribution in [3.63, 3.8) is 0 Å². The maximum Gasteiger partial charge on any atom is 0.407 e. The summed E-state index contributed by atoms with van der Waals surface area (Å²) in [7, 11) is 3.24. The van der Waals surface area contributed by atoms with Gasteiger partial charge in [0, 0.05) is 45.7 Å². The molecule has 28 nitrogen and oxygen atoms in total. The summed E-state index contributed by atoms with van der Waals surface area (Å²) in [6.45, 7) is 16.4. The Morgan fingerprint density at radius 2 is 1.08 bits per heavy atom. The number of nitrogens with zero attached hydrogens (tertiary/aromatic N) is 2. The van der Waals surface area contributed by atoms with E-state index in [0.717, 1.165) is 13.0 Å². The van der Waals surface area contributed by atoms with Crippen molar-refractivity contribution < 1.29 is 85.7 Å². The van der Waals surface area contributed by atoms with Crippen molar-refractivity contribution in [1.29, 1.82) is 5.53 Å². The molecule has 0 spiro atoms. The van der Waals surface area contributed by atoms with E-state index in [1.807, 2.05) is 0 Å². The Hall–Kier alpha value is -5.21. The molecule has 79 heavy (non-hydrogen) atoms. The Balaban J connectivity index is 2.10. The molecule has 1 aromatic rings. The number of urea groups is 1. The molecule has 0 fully saturated rings. The number of benzene rings is 1. The molecule has 6 amide bonds. The van der Waals surface area contributed by atoms with Crippen molar-refractivity contribution in [1.82, 2.24) is 31.6 Å². The van der Waals surface area contributed by atoms with E-state index < -0.39 is 41.9 Å². The normalized spacial score (nSPS) is 12.3. The second-order valence-electron chi connectivity index (χ2n) is 17.4. The first-order valence-corrected chi connectivity index (χ1v) is 26.7. The zero-order valence-corrected chi connectivity index (χ0v) is 47.2. The molecule has 2 atom stereocenters. The number of primary amides is 1. The molecule has 454 valence electrons. The van der Waals surface area contributed by atoms with Crippen LogP contribution in [0.1, 0.15) is 45.6 Å². The minimum atomic E-state index is -1.03. The van der Waals surface area contributed by atoms with Crippen molar-refractivity contribution in [2.45, 2.75) is 58.7 Å². The molecule has 0 aliphatic rings. The first-order chi connectivity index (χ1) is 38.4. The number of nitrogens with two attached hydrogens (primary N) is 1. The van der Waals surface area contributed by atoms with Gasteiger partial charge in [-0.25, -0.2) is 15.1 Å². The van der Waals surface area contributed by atoms with Gasteiger partial charge in [-0.3, -0.25) is 19.2 Å². The Morgan fingerprint density at radius 3 is 1.49 bits per heavy atom. The molecule has 0 saturated heterocycles. The van der Waals surface area contributed by atoms with Crippen LogP contribution in [0, 0.1) is 11.4 Å². The summed E-state index contributed by atoms with van der Waals surface area (Å²) in [6, 6.07) is 3.78. The highest BCUT2D eigenvalue weighted by Crippen LogP contribution is 2.13. The highest BCUT2D eigenvalue weighted by Gasteiger charge is 2.29. The van der Waals surface area contributed by atoms with Crippen LogP contribution in [-0.4, -0.2) is 233 Å². The summed E-state index contributed by atoms with van der Waals surface area (Å²) >= 11 is 0. The third kappa shape index (κ3) is 44.3. The number of ether oxygens (including phenoxy) is 12. The lowest BCUT2D eigenvalue weighted by atomic mass is 10.0. The molecule has 0 unspecified atom stereocenters. The number of anilines is 1. The minimum Gasteiger partial charge on any atom is -0.445 e. The molecule has 1 aromatic carbocycles. The standard InChI is InChI=1S/C51H92N10O18/c1-6-15-67-17-19-69-21-23-71-25-27-73-29-31-75-33-35-77-36-34-76-32-30-74-28-26-72-24-22-70-20-18-68-16-14-54-37-44(60-53)38-56-51(66)78-39-42-9-11-43(12-10-42)57-48(63)45(8-7-13-55-50(52)65)58-49(64)47(41(2)3)59-46(62)40-79-61(4)5/h9-12,37,41,45,47,53-54H,6-8,13-36,38-40H2,1-5H3,(H,56,66)(H,57,63)(H,58,64)(H,59,62)(H3,52,55,65)/b44-37-,60-53?/t45-,47-/m0/s1. The number of carbonyl (C=O) groups is 5. The van der Waals surface area contributed by atoms with Crippen molar-refractivity contribution in [2.75, 3.05) is 191 Å². The van der Waals surface area contributed by atoms with Gasteiger partial charge >= 0.3 is 12.1 Å². The van der Waals surface area contributed by atoms with Gasteiger partial charge in [0.2, 0.25) is 17.7 Å². The molecule has 1 rings (SSSR count). The van der Waals surface area contributed by atoms with Crippen LogP contribution in [0.5, 0.6) is 0 Å². The van der Waals surface area contributed by atoms with E-state index in [9.17, 15) is 24.0 Å². The van der Waals surface area contributed by atoms with Gasteiger partial charge < -0.3 is 94.5 Å². The first kappa shape index (κ1) is 71.8. The van der Waals surface area contributed by atoms with Gasteiger partial charge in [-0.1, -0.05) is 32.9 Å². The zero-order chi connectivity index (χ0) is 57.8. The number of hydroxylamine groups is 2. The Morgan fingerprint density at radius 1 is 0.620 bits per heavy atom. The number of alkyl carbamates (subject to hydrolysis) is 1. The fraction of sp³-hybridized carbons (Fsp3) is 0.745. The molecule has 0 aliphatic carbocycles. The average Bonchev–Trinajstić information content (AvgIpc) is 3.43. The summed E-state index contributed by atoms with van der Waals surface area (Å²) in [5.74, 6) is -1.95. The molecule has 0 radical (unpaired) electrons. The lowest BCUT2D eigenvalue weighted by molar-refractivity contribution is -0.152. The minimum absolute atomic E-state index is 0.0680. The Labute approximate surface area is 465 Å². The highest BCUT2D eigenvalue weighted by molar-refractivity contribution is 5.98. The van der Waals surface area contributed by atoms with E-state index in [0.29, 0.717) is 163 Å². The molecule has 0 aliphatic heterocycles.